The van der Waals surface area contributed by atoms with Crippen LogP contribution in [0.1, 0.15) is 62.9 Å². The van der Waals surface area contributed by atoms with Crippen LogP contribution >= 0.6 is 0 Å². The van der Waals surface area contributed by atoms with Crippen LogP contribution in [0.2, 0.25) is 0 Å². The second-order valence-corrected chi connectivity index (χ2v) is 7.79. The van der Waals surface area contributed by atoms with Gasteiger partial charge in [0.05, 0.1) is 18.2 Å². The summed E-state index contributed by atoms with van der Waals surface area (Å²) in [5.41, 5.74) is 1.63. The molecule has 1 amide bonds. The van der Waals surface area contributed by atoms with Gasteiger partial charge in [-0.15, -0.1) is 5.10 Å². The highest BCUT2D eigenvalue weighted by molar-refractivity contribution is 5.84. The summed E-state index contributed by atoms with van der Waals surface area (Å²) in [5, 5.41) is 12.4. The van der Waals surface area contributed by atoms with Crippen molar-refractivity contribution in [1.29, 1.82) is 0 Å². The highest BCUT2D eigenvalue weighted by atomic mass is 16.5. The summed E-state index contributed by atoms with van der Waals surface area (Å²) < 4.78 is 7.11. The Kier molecular flexibility index (Phi) is 5.42. The summed E-state index contributed by atoms with van der Waals surface area (Å²) in [6, 6.07) is 10.1. The summed E-state index contributed by atoms with van der Waals surface area (Å²) >= 11 is 0. The number of nitrogens with zero attached hydrogens (tertiary/aromatic N) is 6. The van der Waals surface area contributed by atoms with Crippen molar-refractivity contribution in [3.05, 3.63) is 47.9 Å². The zero-order chi connectivity index (χ0) is 20.4. The maximum absolute atomic E-state index is 13.1. The first-order valence-corrected chi connectivity index (χ1v) is 10.2. The largest absolute Gasteiger partial charge is 0.340 e. The molecule has 3 aromatic rings. The Labute approximate surface area is 169 Å². The van der Waals surface area contributed by atoms with E-state index in [4.69, 9.17) is 4.52 Å². The molecule has 8 nitrogen and oxygen atoms in total. The predicted octanol–water partition coefficient (Wildman–Crippen LogP) is 3.42. The molecular formula is C21H26N6O2. The number of benzene rings is 1. The van der Waals surface area contributed by atoms with E-state index in [-0.39, 0.29) is 23.8 Å². The third kappa shape index (κ3) is 3.92. The highest BCUT2D eigenvalue weighted by Crippen LogP contribution is 2.28. The molecule has 1 aliphatic rings. The Morgan fingerprint density at radius 3 is 2.76 bits per heavy atom. The number of rotatable bonds is 6. The van der Waals surface area contributed by atoms with E-state index in [1.54, 1.807) is 0 Å². The number of hydrogen-bond donors (Lipinski definition) is 0. The van der Waals surface area contributed by atoms with Crippen molar-refractivity contribution in [1.82, 2.24) is 30.0 Å². The molecule has 1 aliphatic heterocycles. The van der Waals surface area contributed by atoms with Gasteiger partial charge in [0.25, 0.3) is 5.89 Å². The number of carbonyl (C=O) groups excluding carboxylic acids is 1. The fourth-order valence-electron chi connectivity index (χ4n) is 3.74. The van der Waals surface area contributed by atoms with Crippen LogP contribution in [0.15, 0.2) is 41.1 Å². The Morgan fingerprint density at radius 1 is 1.28 bits per heavy atom. The molecule has 1 saturated heterocycles. The molecule has 2 atom stereocenters. The van der Waals surface area contributed by atoms with Gasteiger partial charge < -0.3 is 9.42 Å². The minimum absolute atomic E-state index is 0.0981. The lowest BCUT2D eigenvalue weighted by atomic mass is 9.95. The first-order valence-electron chi connectivity index (χ1n) is 10.2. The molecule has 4 rings (SSSR count). The average Bonchev–Trinajstić information content (AvgIpc) is 3.48. The monoisotopic (exact) mass is 394 g/mol. The van der Waals surface area contributed by atoms with E-state index in [1.165, 1.54) is 0 Å². The van der Waals surface area contributed by atoms with Gasteiger partial charge >= 0.3 is 0 Å². The fraction of sp³-hybridized carbons (Fsp3) is 0.476. The molecule has 1 fully saturated rings. The number of likely N-dealkylation sites (tertiary alicyclic amines) is 1. The molecular weight excluding hydrogens is 368 g/mol. The van der Waals surface area contributed by atoms with Gasteiger partial charge in [-0.1, -0.05) is 61.5 Å². The molecule has 2 aromatic heterocycles. The van der Waals surface area contributed by atoms with Gasteiger partial charge in [-0.05, 0) is 18.4 Å². The maximum Gasteiger partial charge on any atom is 0.280 e. The van der Waals surface area contributed by atoms with Gasteiger partial charge in [0.2, 0.25) is 5.91 Å². The van der Waals surface area contributed by atoms with Crippen molar-refractivity contribution in [3.63, 3.8) is 0 Å². The van der Waals surface area contributed by atoms with Crippen molar-refractivity contribution < 1.29 is 9.32 Å². The molecule has 152 valence electrons. The van der Waals surface area contributed by atoms with Gasteiger partial charge in [-0.2, -0.15) is 4.98 Å². The van der Waals surface area contributed by atoms with Crippen LogP contribution in [0.5, 0.6) is 0 Å². The van der Waals surface area contributed by atoms with Crippen molar-refractivity contribution in [3.8, 4) is 11.6 Å². The molecule has 0 bridgehead atoms. The lowest BCUT2D eigenvalue weighted by Gasteiger charge is -2.23. The van der Waals surface area contributed by atoms with Crippen LogP contribution in [-0.2, 0) is 4.79 Å². The second kappa shape index (κ2) is 8.14. The van der Waals surface area contributed by atoms with Gasteiger partial charge in [-0.3, -0.25) is 4.79 Å². The maximum atomic E-state index is 13.1. The molecule has 8 heteroatoms. The van der Waals surface area contributed by atoms with E-state index >= 15 is 0 Å². The van der Waals surface area contributed by atoms with Gasteiger partial charge in [0.15, 0.2) is 11.5 Å². The quantitative estimate of drug-likeness (QED) is 0.636. The van der Waals surface area contributed by atoms with Crippen molar-refractivity contribution in [2.24, 2.45) is 0 Å². The van der Waals surface area contributed by atoms with Crippen LogP contribution in [0.4, 0.5) is 0 Å². The summed E-state index contributed by atoms with van der Waals surface area (Å²) in [6.07, 6.45) is 3.46. The van der Waals surface area contributed by atoms with E-state index in [0.29, 0.717) is 24.0 Å². The number of carbonyl (C=O) groups is 1. The standard InChI is InChI=1S/C21H26N6O2/c1-4-17(15-8-6-5-7-9-15)21(28)26-11-10-16(12-26)27-13-18(23-25-27)20-22-19(14(2)3)24-29-20/h5-9,13-14,16-17H,4,10-12H2,1-3H3/t16-,17+/m1/s1. The van der Waals surface area contributed by atoms with Crippen LogP contribution in [0.3, 0.4) is 0 Å². The zero-order valence-electron chi connectivity index (χ0n) is 17.0. The molecule has 29 heavy (non-hydrogen) atoms. The van der Waals surface area contributed by atoms with Crippen molar-refractivity contribution in [2.75, 3.05) is 13.1 Å². The summed E-state index contributed by atoms with van der Waals surface area (Å²) in [5.74, 6) is 1.29. The lowest BCUT2D eigenvalue weighted by molar-refractivity contribution is -0.132. The lowest BCUT2D eigenvalue weighted by Crippen LogP contribution is -2.33. The van der Waals surface area contributed by atoms with Gasteiger partial charge in [0, 0.05) is 19.0 Å². The van der Waals surface area contributed by atoms with E-state index in [2.05, 4.69) is 27.4 Å². The van der Waals surface area contributed by atoms with Crippen molar-refractivity contribution >= 4 is 5.91 Å². The normalized spacial score (nSPS) is 17.8. The van der Waals surface area contributed by atoms with E-state index in [0.717, 1.165) is 24.9 Å². The minimum atomic E-state index is -0.103. The Bertz CT molecular complexity index is 964. The van der Waals surface area contributed by atoms with Gasteiger partial charge in [-0.25, -0.2) is 4.68 Å². The van der Waals surface area contributed by atoms with E-state index in [1.807, 2.05) is 60.0 Å². The summed E-state index contributed by atoms with van der Waals surface area (Å²) in [7, 11) is 0. The summed E-state index contributed by atoms with van der Waals surface area (Å²) in [6.45, 7) is 7.43. The average molecular weight is 394 g/mol. The molecule has 1 aromatic carbocycles. The molecule has 3 heterocycles. The topological polar surface area (TPSA) is 89.9 Å². The van der Waals surface area contributed by atoms with E-state index < -0.39 is 0 Å². The molecule has 0 N–H and O–H groups in total. The smallest absolute Gasteiger partial charge is 0.280 e. The van der Waals surface area contributed by atoms with Crippen LogP contribution < -0.4 is 0 Å². The third-order valence-electron chi connectivity index (χ3n) is 5.44. The number of hydrogen-bond acceptors (Lipinski definition) is 6. The molecule has 0 spiro atoms. The summed E-state index contributed by atoms with van der Waals surface area (Å²) in [4.78, 5) is 19.4. The van der Waals surface area contributed by atoms with Gasteiger partial charge in [0.1, 0.15) is 0 Å². The molecule has 0 saturated carbocycles. The SMILES string of the molecule is CC[C@H](C(=O)N1CC[C@@H](n2cc(-c3nc(C(C)C)no3)nn2)C1)c1ccccc1. The first kappa shape index (κ1) is 19.3. The zero-order valence-corrected chi connectivity index (χ0v) is 17.0. The Hall–Kier alpha value is -3.03. The Balaban J connectivity index is 1.44. The number of amides is 1. The predicted molar refractivity (Wildman–Crippen MR) is 107 cm³/mol. The number of aromatic nitrogens is 5. The second-order valence-electron chi connectivity index (χ2n) is 7.79. The van der Waals surface area contributed by atoms with Crippen LogP contribution in [-0.4, -0.2) is 49.0 Å². The third-order valence-corrected chi connectivity index (χ3v) is 5.44. The fourth-order valence-corrected chi connectivity index (χ4v) is 3.74. The molecule has 0 aliphatic carbocycles. The van der Waals surface area contributed by atoms with Crippen LogP contribution in [0.25, 0.3) is 11.6 Å². The van der Waals surface area contributed by atoms with Crippen LogP contribution in [0, 0.1) is 0 Å². The Morgan fingerprint density at radius 2 is 2.07 bits per heavy atom. The molecule has 0 radical (unpaired) electrons. The highest BCUT2D eigenvalue weighted by Gasteiger charge is 2.32. The first-order chi connectivity index (χ1) is 14.1. The van der Waals surface area contributed by atoms with Crippen molar-refractivity contribution in [2.45, 2.75) is 51.5 Å². The molecule has 0 unspecified atom stereocenters. The minimum Gasteiger partial charge on any atom is -0.340 e. The van der Waals surface area contributed by atoms with E-state index in [9.17, 15) is 4.79 Å².